The predicted molar refractivity (Wildman–Crippen MR) is 60.7 cm³/mol. The predicted octanol–water partition coefficient (Wildman–Crippen LogP) is 2.69. The van der Waals surface area contributed by atoms with Crippen LogP contribution in [0.3, 0.4) is 0 Å². The first-order valence-corrected chi connectivity index (χ1v) is 5.63. The number of hydrogen-bond acceptors (Lipinski definition) is 1. The van der Waals surface area contributed by atoms with Crippen LogP contribution in [0.15, 0.2) is 22.7 Å². The summed E-state index contributed by atoms with van der Waals surface area (Å²) in [5.41, 5.74) is 1.79. The summed E-state index contributed by atoms with van der Waals surface area (Å²) in [6.07, 6.45) is 0. The zero-order valence-electron chi connectivity index (χ0n) is 6.85. The zero-order valence-corrected chi connectivity index (χ0v) is 10.0. The summed E-state index contributed by atoms with van der Waals surface area (Å²) in [5.74, 6) is 5.87. The minimum absolute atomic E-state index is 0.0322. The average Bonchev–Trinajstić information content (AvgIpc) is 2.16. The summed E-state index contributed by atoms with van der Waals surface area (Å²) in [6.45, 7) is 0.0322. The lowest BCUT2D eigenvalue weighted by molar-refractivity contribution is 0.281. The van der Waals surface area contributed by atoms with Crippen LogP contribution in [0.4, 0.5) is 0 Å². The van der Waals surface area contributed by atoms with E-state index in [1.165, 1.54) is 0 Å². The van der Waals surface area contributed by atoms with Crippen molar-refractivity contribution in [2.45, 2.75) is 6.61 Å². The van der Waals surface area contributed by atoms with Gasteiger partial charge in [0, 0.05) is 10.0 Å². The van der Waals surface area contributed by atoms with Crippen molar-refractivity contribution in [2.24, 2.45) is 0 Å². The molecule has 0 aliphatic heterocycles. The molecule has 0 unspecified atom stereocenters. The maximum absolute atomic E-state index is 8.98. The minimum atomic E-state index is 0.0322. The standard InChI is InChI=1S/C10H8Br2O/c11-5-1-2-8-3-4-10(12)9(6-8)7-13/h3-4,6,13H,5,7H2. The summed E-state index contributed by atoms with van der Waals surface area (Å²) >= 11 is 6.57. The lowest BCUT2D eigenvalue weighted by Crippen LogP contribution is -1.86. The van der Waals surface area contributed by atoms with Crippen LogP contribution >= 0.6 is 31.9 Å². The molecule has 13 heavy (non-hydrogen) atoms. The molecule has 0 heterocycles. The van der Waals surface area contributed by atoms with E-state index >= 15 is 0 Å². The van der Waals surface area contributed by atoms with Gasteiger partial charge in [0.25, 0.3) is 0 Å². The van der Waals surface area contributed by atoms with Crippen molar-refractivity contribution >= 4 is 31.9 Å². The Bertz CT molecular complexity index is 350. The van der Waals surface area contributed by atoms with E-state index in [0.29, 0.717) is 5.33 Å². The van der Waals surface area contributed by atoms with Gasteiger partial charge in [-0.1, -0.05) is 43.7 Å². The lowest BCUT2D eigenvalue weighted by Gasteiger charge is -2.00. The number of alkyl halides is 1. The zero-order chi connectivity index (χ0) is 9.68. The highest BCUT2D eigenvalue weighted by atomic mass is 79.9. The molecule has 1 nitrogen and oxygen atoms in total. The van der Waals surface area contributed by atoms with Crippen LogP contribution in [0.2, 0.25) is 0 Å². The van der Waals surface area contributed by atoms with E-state index < -0.39 is 0 Å². The Balaban J connectivity index is 2.99. The summed E-state index contributed by atoms with van der Waals surface area (Å²) < 4.78 is 0.916. The van der Waals surface area contributed by atoms with E-state index in [1.54, 1.807) is 0 Å². The van der Waals surface area contributed by atoms with Crippen molar-refractivity contribution in [1.29, 1.82) is 0 Å². The van der Waals surface area contributed by atoms with Crippen LogP contribution < -0.4 is 0 Å². The van der Waals surface area contributed by atoms with Crippen molar-refractivity contribution in [3.8, 4) is 11.8 Å². The van der Waals surface area contributed by atoms with Crippen molar-refractivity contribution < 1.29 is 5.11 Å². The lowest BCUT2D eigenvalue weighted by atomic mass is 10.1. The van der Waals surface area contributed by atoms with Crippen LogP contribution in [0.25, 0.3) is 0 Å². The summed E-state index contributed by atoms with van der Waals surface area (Å²) in [5, 5.41) is 9.65. The number of aliphatic hydroxyl groups excluding tert-OH is 1. The van der Waals surface area contributed by atoms with Gasteiger partial charge in [0.15, 0.2) is 0 Å². The van der Waals surface area contributed by atoms with Crippen LogP contribution in [0, 0.1) is 11.8 Å². The van der Waals surface area contributed by atoms with E-state index in [1.807, 2.05) is 18.2 Å². The number of hydrogen-bond donors (Lipinski definition) is 1. The fraction of sp³-hybridized carbons (Fsp3) is 0.200. The van der Waals surface area contributed by atoms with Gasteiger partial charge in [0.05, 0.1) is 11.9 Å². The van der Waals surface area contributed by atoms with Crippen molar-refractivity contribution in [3.05, 3.63) is 33.8 Å². The first-order valence-electron chi connectivity index (χ1n) is 3.72. The van der Waals surface area contributed by atoms with Gasteiger partial charge in [-0.05, 0) is 23.8 Å². The Morgan fingerprint density at radius 3 is 2.77 bits per heavy atom. The fourth-order valence-electron chi connectivity index (χ4n) is 0.909. The first kappa shape index (κ1) is 10.8. The molecule has 0 fully saturated rings. The molecule has 0 spiro atoms. The van der Waals surface area contributed by atoms with Crippen molar-refractivity contribution in [2.75, 3.05) is 5.33 Å². The highest BCUT2D eigenvalue weighted by molar-refractivity contribution is 9.10. The van der Waals surface area contributed by atoms with E-state index in [-0.39, 0.29) is 6.61 Å². The molecule has 0 amide bonds. The molecule has 0 radical (unpaired) electrons. The van der Waals surface area contributed by atoms with Gasteiger partial charge in [0.1, 0.15) is 0 Å². The molecule has 0 saturated heterocycles. The van der Waals surface area contributed by atoms with Crippen LogP contribution in [0.1, 0.15) is 11.1 Å². The third-order valence-electron chi connectivity index (χ3n) is 1.52. The Kier molecular flexibility index (Phi) is 4.51. The topological polar surface area (TPSA) is 20.2 Å². The van der Waals surface area contributed by atoms with Gasteiger partial charge in [-0.3, -0.25) is 0 Å². The highest BCUT2D eigenvalue weighted by Gasteiger charge is 1.97. The van der Waals surface area contributed by atoms with Gasteiger partial charge >= 0.3 is 0 Å². The molecule has 0 atom stereocenters. The maximum atomic E-state index is 8.98. The normalized spacial score (nSPS) is 9.15. The molecule has 0 aromatic heterocycles. The molecule has 1 aromatic rings. The van der Waals surface area contributed by atoms with Crippen LogP contribution in [0.5, 0.6) is 0 Å². The molecule has 1 N–H and O–H groups in total. The van der Waals surface area contributed by atoms with E-state index in [2.05, 4.69) is 43.7 Å². The molecule has 3 heteroatoms. The Morgan fingerprint density at radius 1 is 1.38 bits per heavy atom. The van der Waals surface area contributed by atoms with E-state index in [9.17, 15) is 0 Å². The van der Waals surface area contributed by atoms with E-state index in [4.69, 9.17) is 5.11 Å². The third kappa shape index (κ3) is 3.15. The second-order valence-corrected chi connectivity index (χ2v) is 3.81. The van der Waals surface area contributed by atoms with Gasteiger partial charge in [-0.2, -0.15) is 0 Å². The van der Waals surface area contributed by atoms with Crippen LogP contribution in [-0.4, -0.2) is 10.4 Å². The SMILES string of the molecule is OCc1cc(C#CCBr)ccc1Br. The minimum Gasteiger partial charge on any atom is -0.392 e. The Hall–Kier alpha value is -0.300. The molecular weight excluding hydrogens is 296 g/mol. The summed E-state index contributed by atoms with van der Waals surface area (Å²) in [6, 6.07) is 5.68. The molecule has 0 aliphatic rings. The van der Waals surface area contributed by atoms with Gasteiger partial charge in [-0.25, -0.2) is 0 Å². The molecular formula is C10H8Br2O. The molecule has 68 valence electrons. The van der Waals surface area contributed by atoms with Gasteiger partial charge in [-0.15, -0.1) is 0 Å². The van der Waals surface area contributed by atoms with Crippen LogP contribution in [-0.2, 0) is 6.61 Å². The average molecular weight is 304 g/mol. The third-order valence-corrected chi connectivity index (χ3v) is 2.57. The smallest absolute Gasteiger partial charge is 0.0693 e. The highest BCUT2D eigenvalue weighted by Crippen LogP contribution is 2.17. The quantitative estimate of drug-likeness (QED) is 0.625. The fourth-order valence-corrected chi connectivity index (χ4v) is 1.42. The van der Waals surface area contributed by atoms with Gasteiger partial charge < -0.3 is 5.11 Å². The second kappa shape index (κ2) is 5.43. The van der Waals surface area contributed by atoms with Crippen molar-refractivity contribution in [3.63, 3.8) is 0 Å². The number of halogens is 2. The summed E-state index contributed by atoms with van der Waals surface area (Å²) in [7, 11) is 0. The Labute approximate surface area is 94.4 Å². The van der Waals surface area contributed by atoms with Crippen molar-refractivity contribution in [1.82, 2.24) is 0 Å². The van der Waals surface area contributed by atoms with Gasteiger partial charge in [0.2, 0.25) is 0 Å². The molecule has 0 aliphatic carbocycles. The molecule has 0 bridgehead atoms. The second-order valence-electron chi connectivity index (χ2n) is 2.40. The molecule has 1 aromatic carbocycles. The monoisotopic (exact) mass is 302 g/mol. The molecule has 1 rings (SSSR count). The molecule has 0 saturated carbocycles. The number of aliphatic hydroxyl groups is 1. The Morgan fingerprint density at radius 2 is 2.15 bits per heavy atom. The van der Waals surface area contributed by atoms with E-state index in [0.717, 1.165) is 15.6 Å². The summed E-state index contributed by atoms with van der Waals surface area (Å²) in [4.78, 5) is 0. The maximum Gasteiger partial charge on any atom is 0.0693 e. The largest absolute Gasteiger partial charge is 0.392 e. The number of benzene rings is 1. The first-order chi connectivity index (χ1) is 6.27. The number of rotatable bonds is 1.